The standard InChI is InChI=1S/C28H46N4O4.C2H4O.CH4O/c1-3-17-34-19-21-36-22-20-35-18-15-32(2)24-27-23-25(10-11-26(27)9-6-16-33)8-4-5-12-29-28-30-13-7-14-31-28;1-2-3;1-2/h10-11,13,16,23H,3-9,12,14-15,17-22,24H2,1-2H3,(H,29,31);2H,1H3;2H,1H3. The number of ether oxygens (including phenoxy) is 3. The lowest BCUT2D eigenvalue weighted by atomic mass is 9.97. The van der Waals surface area contributed by atoms with Crippen LogP contribution < -0.4 is 5.32 Å². The fourth-order valence-electron chi connectivity index (χ4n) is 3.89. The summed E-state index contributed by atoms with van der Waals surface area (Å²) in [5.41, 5.74) is 3.90. The molecule has 1 aliphatic heterocycles. The van der Waals surface area contributed by atoms with Gasteiger partial charge in [-0.2, -0.15) is 0 Å². The molecule has 10 heteroatoms. The van der Waals surface area contributed by atoms with E-state index in [1.165, 1.54) is 23.6 Å². The van der Waals surface area contributed by atoms with Gasteiger partial charge in [-0.1, -0.05) is 25.1 Å². The van der Waals surface area contributed by atoms with Crippen molar-refractivity contribution in [2.75, 3.05) is 73.4 Å². The van der Waals surface area contributed by atoms with Crippen LogP contribution in [-0.4, -0.2) is 108 Å². The summed E-state index contributed by atoms with van der Waals surface area (Å²) in [7, 11) is 3.11. The molecule has 0 amide bonds. The van der Waals surface area contributed by atoms with Crippen molar-refractivity contribution in [3.63, 3.8) is 0 Å². The molecule has 234 valence electrons. The Morgan fingerprint density at radius 2 is 1.66 bits per heavy atom. The maximum Gasteiger partial charge on any atom is 0.217 e. The first-order valence-electron chi connectivity index (χ1n) is 14.8. The van der Waals surface area contributed by atoms with Crippen molar-refractivity contribution in [3.05, 3.63) is 34.9 Å². The van der Waals surface area contributed by atoms with E-state index in [0.29, 0.717) is 39.5 Å². The summed E-state index contributed by atoms with van der Waals surface area (Å²) in [6, 6.07) is 6.72. The minimum Gasteiger partial charge on any atom is -0.400 e. The Bertz CT molecular complexity index is 835. The zero-order valence-electron chi connectivity index (χ0n) is 25.8. The second-order valence-corrected chi connectivity index (χ2v) is 9.31. The number of benzene rings is 1. The van der Waals surface area contributed by atoms with E-state index in [1.807, 2.05) is 6.21 Å². The molecule has 1 heterocycles. The topological polar surface area (TPSA) is 122 Å². The Morgan fingerprint density at radius 1 is 0.976 bits per heavy atom. The average molecular weight is 579 g/mol. The molecule has 0 spiro atoms. The minimum atomic E-state index is 0.556. The average Bonchev–Trinajstić information content (AvgIpc) is 2.99. The first-order chi connectivity index (χ1) is 20.1. The molecule has 1 aromatic carbocycles. The van der Waals surface area contributed by atoms with Crippen molar-refractivity contribution >= 4 is 24.7 Å². The van der Waals surface area contributed by atoms with E-state index in [4.69, 9.17) is 24.1 Å². The summed E-state index contributed by atoms with van der Waals surface area (Å²) in [6.45, 7) is 10.8. The number of aliphatic hydroxyl groups is 1. The second-order valence-electron chi connectivity index (χ2n) is 9.31. The second kappa shape index (κ2) is 29.0. The van der Waals surface area contributed by atoms with Gasteiger partial charge in [0.25, 0.3) is 0 Å². The number of aliphatic imine (C=N–C) groups is 2. The van der Waals surface area contributed by atoms with E-state index in [1.54, 1.807) is 0 Å². The van der Waals surface area contributed by atoms with Crippen LogP contribution in [-0.2, 0) is 43.2 Å². The molecule has 41 heavy (non-hydrogen) atoms. The number of carbonyl (C=O) groups excluding carboxylic acids is 2. The van der Waals surface area contributed by atoms with Crippen LogP contribution in [0.5, 0.6) is 0 Å². The van der Waals surface area contributed by atoms with Crippen LogP contribution in [0.2, 0.25) is 0 Å². The summed E-state index contributed by atoms with van der Waals surface area (Å²) >= 11 is 0. The fourth-order valence-corrected chi connectivity index (χ4v) is 3.89. The molecule has 1 aromatic rings. The molecule has 0 fully saturated rings. The van der Waals surface area contributed by atoms with E-state index < -0.39 is 0 Å². The lowest BCUT2D eigenvalue weighted by Gasteiger charge is -2.20. The molecule has 2 N–H and O–H groups in total. The zero-order chi connectivity index (χ0) is 30.4. The summed E-state index contributed by atoms with van der Waals surface area (Å²) in [5.74, 6) is 0.764. The Labute approximate surface area is 247 Å². The van der Waals surface area contributed by atoms with Crippen LogP contribution in [0.4, 0.5) is 0 Å². The summed E-state index contributed by atoms with van der Waals surface area (Å²) in [6.07, 6.45) is 10.2. The van der Waals surface area contributed by atoms with Crippen LogP contribution in [0.25, 0.3) is 0 Å². The van der Waals surface area contributed by atoms with Crippen molar-refractivity contribution < 1.29 is 28.9 Å². The maximum atomic E-state index is 10.9. The van der Waals surface area contributed by atoms with Crippen LogP contribution >= 0.6 is 0 Å². The number of aldehydes is 2. The number of hydrogen-bond acceptors (Lipinski definition) is 10. The maximum absolute atomic E-state index is 10.9. The van der Waals surface area contributed by atoms with Gasteiger partial charge >= 0.3 is 0 Å². The predicted octanol–water partition coefficient (Wildman–Crippen LogP) is 3.27. The number of unbranched alkanes of at least 4 members (excludes halogenated alkanes) is 1. The van der Waals surface area contributed by atoms with E-state index in [0.717, 1.165) is 97.0 Å². The highest BCUT2D eigenvalue weighted by Crippen LogP contribution is 2.17. The molecule has 0 radical (unpaired) electrons. The highest BCUT2D eigenvalue weighted by Gasteiger charge is 2.08. The van der Waals surface area contributed by atoms with Crippen LogP contribution in [0.3, 0.4) is 0 Å². The number of carbonyl (C=O) groups is 2. The van der Waals surface area contributed by atoms with Gasteiger partial charge in [-0.25, -0.2) is 4.99 Å². The fraction of sp³-hybridized carbons (Fsp3) is 0.677. The minimum absolute atomic E-state index is 0.556. The highest BCUT2D eigenvalue weighted by molar-refractivity contribution is 5.89. The van der Waals surface area contributed by atoms with Crippen LogP contribution in [0.15, 0.2) is 28.2 Å². The molecule has 0 bridgehead atoms. The van der Waals surface area contributed by atoms with Crippen LogP contribution in [0.1, 0.15) is 62.6 Å². The third kappa shape index (κ3) is 21.9. The molecule has 0 aromatic heterocycles. The number of aryl methyl sites for hydroxylation is 2. The molecule has 0 atom stereocenters. The molecular formula is C31H54N4O6. The van der Waals surface area contributed by atoms with E-state index in [2.05, 4.69) is 52.4 Å². The van der Waals surface area contributed by atoms with E-state index >= 15 is 0 Å². The third-order valence-electron chi connectivity index (χ3n) is 5.86. The first kappa shape index (κ1) is 38.5. The first-order valence-corrected chi connectivity index (χ1v) is 14.8. The van der Waals surface area contributed by atoms with E-state index in [-0.39, 0.29) is 0 Å². The molecule has 1 aliphatic rings. The molecule has 0 aliphatic carbocycles. The SMILES string of the molecule is CC=O.CCCOCCOCCOCCN(C)Cc1cc(CCCCNC2=NCCC=N2)ccc1CCC=O.CO. The number of guanidine groups is 1. The molecule has 0 unspecified atom stereocenters. The van der Waals surface area contributed by atoms with Gasteiger partial charge in [-0.05, 0) is 62.8 Å². The van der Waals surface area contributed by atoms with Crippen molar-refractivity contribution in [2.24, 2.45) is 9.98 Å². The quantitative estimate of drug-likeness (QED) is 0.168. The number of nitrogens with zero attached hydrogens (tertiary/aromatic N) is 3. The Hall–Kier alpha value is -2.50. The van der Waals surface area contributed by atoms with Crippen LogP contribution in [0, 0.1) is 0 Å². The highest BCUT2D eigenvalue weighted by atomic mass is 16.5. The van der Waals surface area contributed by atoms with Gasteiger partial charge in [-0.15, -0.1) is 0 Å². The van der Waals surface area contributed by atoms with E-state index in [9.17, 15) is 4.79 Å². The van der Waals surface area contributed by atoms with Gasteiger partial charge < -0.3 is 34.2 Å². The molecule has 2 rings (SSSR count). The van der Waals surface area contributed by atoms with Gasteiger partial charge in [0.2, 0.25) is 5.96 Å². The molecular weight excluding hydrogens is 524 g/mol. The monoisotopic (exact) mass is 578 g/mol. The molecule has 0 saturated carbocycles. The van der Waals surface area contributed by atoms with Gasteiger partial charge in [-0.3, -0.25) is 9.89 Å². The normalized spacial score (nSPS) is 12.1. The number of aliphatic hydroxyl groups excluding tert-OH is 1. The number of nitrogens with one attached hydrogen (secondary N) is 1. The summed E-state index contributed by atoms with van der Waals surface area (Å²) in [5, 5.41) is 10.3. The van der Waals surface area contributed by atoms with Gasteiger partial charge in [0.15, 0.2) is 0 Å². The van der Waals surface area contributed by atoms with Gasteiger partial charge in [0.05, 0.1) is 33.0 Å². The molecule has 0 saturated heterocycles. The summed E-state index contributed by atoms with van der Waals surface area (Å²) < 4.78 is 16.6. The lowest BCUT2D eigenvalue weighted by molar-refractivity contribution is -0.108. The third-order valence-corrected chi connectivity index (χ3v) is 5.86. The molecule has 10 nitrogen and oxygen atoms in total. The smallest absolute Gasteiger partial charge is 0.217 e. The van der Waals surface area contributed by atoms with Gasteiger partial charge in [0, 0.05) is 59.0 Å². The summed E-state index contributed by atoms with van der Waals surface area (Å²) in [4.78, 5) is 30.7. The number of hydrogen-bond donors (Lipinski definition) is 2. The number of rotatable bonds is 21. The van der Waals surface area contributed by atoms with Gasteiger partial charge in [0.1, 0.15) is 12.6 Å². The predicted molar refractivity (Wildman–Crippen MR) is 166 cm³/mol. The Kier molecular flexibility index (Phi) is 27.2. The van der Waals surface area contributed by atoms with Crippen molar-refractivity contribution in [1.82, 2.24) is 10.2 Å². The van der Waals surface area contributed by atoms with Crippen molar-refractivity contribution in [2.45, 2.75) is 65.3 Å². The Morgan fingerprint density at radius 3 is 2.29 bits per heavy atom. The van der Waals surface area contributed by atoms with Crippen molar-refractivity contribution in [1.29, 1.82) is 0 Å². The number of likely N-dealkylation sites (N-methyl/N-ethyl adjacent to an activating group) is 1. The van der Waals surface area contributed by atoms with Crippen molar-refractivity contribution in [3.8, 4) is 0 Å². The largest absolute Gasteiger partial charge is 0.400 e. The zero-order valence-corrected chi connectivity index (χ0v) is 25.8. The Balaban J connectivity index is 0.00000299. The lowest BCUT2D eigenvalue weighted by Crippen LogP contribution is -2.25.